The third-order valence-electron chi connectivity index (χ3n) is 3.55. The maximum absolute atomic E-state index is 11.6. The van der Waals surface area contributed by atoms with E-state index in [1.54, 1.807) is 0 Å². The van der Waals surface area contributed by atoms with Crippen molar-refractivity contribution in [3.05, 3.63) is 52.1 Å². The Morgan fingerprint density at radius 2 is 1.74 bits per heavy atom. The Balaban J connectivity index is 2.06. The van der Waals surface area contributed by atoms with Gasteiger partial charge in [-0.1, -0.05) is 6.07 Å². The van der Waals surface area contributed by atoms with E-state index < -0.39 is 33.9 Å². The summed E-state index contributed by atoms with van der Waals surface area (Å²) in [4.78, 5) is 34.4. The van der Waals surface area contributed by atoms with Crippen molar-refractivity contribution >= 4 is 28.3 Å². The van der Waals surface area contributed by atoms with Crippen molar-refractivity contribution in [1.29, 1.82) is 0 Å². The highest BCUT2D eigenvalue weighted by Crippen LogP contribution is 2.41. The largest absolute Gasteiger partial charge is 0.504 e. The molecular weight excluding hydrogens is 304 g/mol. The molecule has 8 nitrogen and oxygen atoms in total. The lowest BCUT2D eigenvalue weighted by molar-refractivity contribution is -0.384. The number of nitro groups is 1. The number of carbonyl (C=O) groups excluding carboxylic acids is 2. The number of nitro benzene ring substituents is 1. The van der Waals surface area contributed by atoms with Crippen LogP contribution >= 0.6 is 0 Å². The molecule has 116 valence electrons. The third-order valence-corrected chi connectivity index (χ3v) is 3.55. The van der Waals surface area contributed by atoms with Crippen LogP contribution < -0.4 is 0 Å². The molecule has 0 atom stereocenters. The summed E-state index contributed by atoms with van der Waals surface area (Å²) in [5.74, 6) is -2.29. The number of amides is 2. The van der Waals surface area contributed by atoms with E-state index in [0.717, 1.165) is 17.1 Å². The normalized spacial score (nSPS) is 14.0. The number of phenols is 2. The van der Waals surface area contributed by atoms with Gasteiger partial charge in [0, 0.05) is 12.2 Å². The Hall–Kier alpha value is -3.42. The number of hydrogen-bond acceptors (Lipinski definition) is 6. The molecule has 23 heavy (non-hydrogen) atoms. The van der Waals surface area contributed by atoms with Crippen LogP contribution in [-0.2, 0) is 16.1 Å². The number of imide groups is 1. The van der Waals surface area contributed by atoms with Gasteiger partial charge in [0.2, 0.25) is 5.75 Å². The molecule has 1 aliphatic rings. The van der Waals surface area contributed by atoms with Crippen LogP contribution in [0.2, 0.25) is 0 Å². The van der Waals surface area contributed by atoms with E-state index in [1.165, 1.54) is 24.3 Å². The first kappa shape index (κ1) is 14.5. The van der Waals surface area contributed by atoms with Gasteiger partial charge in [-0.25, -0.2) is 0 Å². The summed E-state index contributed by atoms with van der Waals surface area (Å²) in [7, 11) is 0. The van der Waals surface area contributed by atoms with E-state index in [9.17, 15) is 29.9 Å². The fraction of sp³-hybridized carbons (Fsp3) is 0.0667. The predicted molar refractivity (Wildman–Crippen MR) is 78.6 cm³/mol. The van der Waals surface area contributed by atoms with Gasteiger partial charge in [-0.3, -0.25) is 24.6 Å². The Labute approximate surface area is 129 Å². The van der Waals surface area contributed by atoms with Crippen molar-refractivity contribution < 1.29 is 24.7 Å². The second-order valence-electron chi connectivity index (χ2n) is 5.00. The lowest BCUT2D eigenvalue weighted by Gasteiger charge is -2.14. The number of nitrogens with zero attached hydrogens (tertiary/aromatic N) is 2. The number of rotatable bonds is 3. The highest BCUT2D eigenvalue weighted by molar-refractivity contribution is 6.12. The highest BCUT2D eigenvalue weighted by Gasteiger charge is 2.25. The van der Waals surface area contributed by atoms with Gasteiger partial charge in [-0.05, 0) is 29.1 Å². The molecule has 0 saturated heterocycles. The van der Waals surface area contributed by atoms with Gasteiger partial charge >= 0.3 is 5.69 Å². The van der Waals surface area contributed by atoms with E-state index in [4.69, 9.17) is 0 Å². The fourth-order valence-corrected chi connectivity index (χ4v) is 2.46. The average molecular weight is 314 g/mol. The minimum atomic E-state index is -0.802. The summed E-state index contributed by atoms with van der Waals surface area (Å²) in [6.45, 7) is 0.00996. The SMILES string of the molecule is O=C1C=CC(=O)N1Cc1ccc2c([N+](=O)[O-])c(O)c(O)cc2c1. The third kappa shape index (κ3) is 2.35. The molecule has 0 aliphatic carbocycles. The summed E-state index contributed by atoms with van der Waals surface area (Å²) in [6.07, 6.45) is 2.33. The van der Waals surface area contributed by atoms with Crippen LogP contribution in [0.4, 0.5) is 5.69 Å². The zero-order chi connectivity index (χ0) is 16.7. The number of benzene rings is 2. The van der Waals surface area contributed by atoms with E-state index >= 15 is 0 Å². The number of fused-ring (bicyclic) bond motifs is 1. The number of hydrogen-bond donors (Lipinski definition) is 2. The number of carbonyl (C=O) groups is 2. The van der Waals surface area contributed by atoms with Crippen molar-refractivity contribution in [1.82, 2.24) is 4.90 Å². The van der Waals surface area contributed by atoms with Crippen LogP contribution in [-0.4, -0.2) is 31.9 Å². The van der Waals surface area contributed by atoms with Crippen molar-refractivity contribution in [2.24, 2.45) is 0 Å². The van der Waals surface area contributed by atoms with Crippen LogP contribution in [0.5, 0.6) is 11.5 Å². The lowest BCUT2D eigenvalue weighted by atomic mass is 10.0. The molecule has 0 bridgehead atoms. The van der Waals surface area contributed by atoms with Crippen LogP contribution in [0.3, 0.4) is 0 Å². The van der Waals surface area contributed by atoms with Crippen LogP contribution in [0.15, 0.2) is 36.4 Å². The first-order valence-electron chi connectivity index (χ1n) is 6.54. The van der Waals surface area contributed by atoms with Crippen molar-refractivity contribution in [2.75, 3.05) is 0 Å². The number of phenolic OH excluding ortho intramolecular Hbond substituents is 2. The second kappa shape index (κ2) is 5.09. The predicted octanol–water partition coefficient (Wildman–Crippen LogP) is 1.58. The van der Waals surface area contributed by atoms with Crippen molar-refractivity contribution in [3.63, 3.8) is 0 Å². The molecule has 0 fully saturated rings. The number of aromatic hydroxyl groups is 2. The Kier molecular flexibility index (Phi) is 3.21. The average Bonchev–Trinajstić information content (AvgIpc) is 2.80. The maximum Gasteiger partial charge on any atom is 0.322 e. The van der Waals surface area contributed by atoms with E-state index in [1.807, 2.05) is 0 Å². The second-order valence-corrected chi connectivity index (χ2v) is 5.00. The van der Waals surface area contributed by atoms with Gasteiger partial charge < -0.3 is 10.2 Å². The zero-order valence-electron chi connectivity index (χ0n) is 11.6. The van der Waals surface area contributed by atoms with E-state index in [2.05, 4.69) is 0 Å². The summed E-state index contributed by atoms with van der Waals surface area (Å²) in [5, 5.41) is 30.8. The smallest absolute Gasteiger partial charge is 0.322 e. The standard InChI is InChI=1S/C15H10N2O6/c18-11-6-9-5-8(7-16-12(19)3-4-13(16)20)1-2-10(9)14(15(11)21)17(22)23/h1-6,18,21H,7H2. The zero-order valence-corrected chi connectivity index (χ0v) is 11.6. The van der Waals surface area contributed by atoms with Crippen LogP contribution in [0.25, 0.3) is 10.8 Å². The summed E-state index contributed by atoms with van der Waals surface area (Å²) >= 11 is 0. The topological polar surface area (TPSA) is 121 Å². The van der Waals surface area contributed by atoms with Crippen molar-refractivity contribution in [2.45, 2.75) is 6.54 Å². The summed E-state index contributed by atoms with van der Waals surface area (Å²) in [6, 6.07) is 5.62. The molecule has 2 amide bonds. The molecule has 1 heterocycles. The molecule has 1 aliphatic heterocycles. The molecule has 0 spiro atoms. The van der Waals surface area contributed by atoms with Gasteiger partial charge in [0.15, 0.2) is 5.75 Å². The molecular formula is C15H10N2O6. The Bertz CT molecular complexity index is 884. The van der Waals surface area contributed by atoms with Gasteiger partial charge in [0.1, 0.15) is 0 Å². The molecule has 0 unspecified atom stereocenters. The molecule has 2 aromatic carbocycles. The molecule has 0 aromatic heterocycles. The fourth-order valence-electron chi connectivity index (χ4n) is 2.46. The molecule has 0 saturated carbocycles. The van der Waals surface area contributed by atoms with Crippen LogP contribution in [0.1, 0.15) is 5.56 Å². The minimum Gasteiger partial charge on any atom is -0.504 e. The van der Waals surface area contributed by atoms with Gasteiger partial charge in [-0.2, -0.15) is 0 Å². The minimum absolute atomic E-state index is 0.00996. The lowest BCUT2D eigenvalue weighted by Crippen LogP contribution is -2.29. The van der Waals surface area contributed by atoms with Crippen molar-refractivity contribution in [3.8, 4) is 11.5 Å². The van der Waals surface area contributed by atoms with Gasteiger partial charge in [0.25, 0.3) is 11.8 Å². The molecule has 3 rings (SSSR count). The summed E-state index contributed by atoms with van der Waals surface area (Å²) in [5.41, 5.74) is -0.0381. The quantitative estimate of drug-likeness (QED) is 0.384. The first-order chi connectivity index (χ1) is 10.9. The molecule has 8 heteroatoms. The first-order valence-corrected chi connectivity index (χ1v) is 6.54. The molecule has 2 N–H and O–H groups in total. The van der Waals surface area contributed by atoms with E-state index in [0.29, 0.717) is 10.9 Å². The molecule has 2 aromatic rings. The Morgan fingerprint density at radius 1 is 1.09 bits per heavy atom. The van der Waals surface area contributed by atoms with E-state index in [-0.39, 0.29) is 11.9 Å². The van der Waals surface area contributed by atoms with Gasteiger partial charge in [0.05, 0.1) is 16.9 Å². The summed E-state index contributed by atoms with van der Waals surface area (Å²) < 4.78 is 0. The highest BCUT2D eigenvalue weighted by atomic mass is 16.6. The monoisotopic (exact) mass is 314 g/mol. The molecule has 0 radical (unpaired) electrons. The van der Waals surface area contributed by atoms with Gasteiger partial charge in [-0.15, -0.1) is 0 Å². The van der Waals surface area contributed by atoms with Crippen LogP contribution in [0, 0.1) is 10.1 Å². The Morgan fingerprint density at radius 3 is 2.35 bits per heavy atom. The maximum atomic E-state index is 11.6.